The predicted octanol–water partition coefficient (Wildman–Crippen LogP) is -5.19. The van der Waals surface area contributed by atoms with E-state index in [-0.39, 0.29) is 32.2 Å². The van der Waals surface area contributed by atoms with E-state index in [1.165, 1.54) is 0 Å². The number of ether oxygens (including phenoxy) is 4. The zero-order valence-corrected chi connectivity index (χ0v) is 19.9. The average Bonchev–Trinajstić information content (AvgIpc) is 3.13. The van der Waals surface area contributed by atoms with Crippen molar-refractivity contribution in [2.24, 2.45) is 22.9 Å². The van der Waals surface area contributed by atoms with Gasteiger partial charge in [0, 0.05) is 19.1 Å². The Hall–Kier alpha value is -1.25. The summed E-state index contributed by atoms with van der Waals surface area (Å²) < 4.78 is 23.2. The predicted molar refractivity (Wildman–Crippen MR) is 121 cm³/mol. The standard InChI is InChI=1S/C20H40N6O10/c21-3-4-26(32)20(31)25-11-5-10(24)16(35-18-9(23)2-1-8(6-22)33-18)17(13(11)28)36-19-15(30)14(29)12(7-27)34-19/h8-19,27-30,32H,1-7,21-24H2,(H,25,31)/t8-,9+,10-,11+,12+,13-,14+,15+,16+,17+,18+,19-/m0/s1. The van der Waals surface area contributed by atoms with E-state index in [2.05, 4.69) is 5.32 Å². The summed E-state index contributed by atoms with van der Waals surface area (Å²) in [6, 6.07) is -3.26. The van der Waals surface area contributed by atoms with Crippen molar-refractivity contribution in [3.05, 3.63) is 0 Å². The topological polar surface area (TPSA) is 274 Å². The number of rotatable bonds is 9. The number of aliphatic hydroxyl groups is 4. The molecule has 3 aliphatic rings. The van der Waals surface area contributed by atoms with Crippen molar-refractivity contribution in [1.82, 2.24) is 10.4 Å². The number of carbonyl (C=O) groups excluding carboxylic acids is 1. The van der Waals surface area contributed by atoms with Gasteiger partial charge in [0.25, 0.3) is 0 Å². The van der Waals surface area contributed by atoms with Crippen LogP contribution in [0.1, 0.15) is 19.3 Å². The lowest BCUT2D eigenvalue weighted by Gasteiger charge is -2.46. The van der Waals surface area contributed by atoms with Crippen LogP contribution in [-0.2, 0) is 18.9 Å². The number of nitrogens with zero attached hydrogens (tertiary/aromatic N) is 1. The Morgan fingerprint density at radius 1 is 0.972 bits per heavy atom. The average molecular weight is 525 g/mol. The van der Waals surface area contributed by atoms with Crippen molar-refractivity contribution in [2.75, 3.05) is 26.2 Å². The molecule has 2 heterocycles. The Morgan fingerprint density at radius 2 is 1.67 bits per heavy atom. The first-order valence-electron chi connectivity index (χ1n) is 12.1. The molecule has 0 aromatic carbocycles. The van der Waals surface area contributed by atoms with Gasteiger partial charge in [0.2, 0.25) is 0 Å². The first kappa shape index (κ1) is 29.3. The van der Waals surface area contributed by atoms with Crippen molar-refractivity contribution < 1.29 is 49.4 Å². The van der Waals surface area contributed by atoms with Gasteiger partial charge in [0.05, 0.1) is 31.3 Å². The molecule has 0 radical (unpaired) electrons. The van der Waals surface area contributed by atoms with Gasteiger partial charge in [-0.05, 0) is 19.3 Å². The normalized spacial score (nSPS) is 43.4. The number of amides is 2. The highest BCUT2D eigenvalue weighted by Crippen LogP contribution is 2.32. The third kappa shape index (κ3) is 6.60. The molecule has 14 N–H and O–H groups in total. The first-order valence-corrected chi connectivity index (χ1v) is 12.1. The molecule has 0 aromatic rings. The number of urea groups is 1. The minimum atomic E-state index is -1.55. The molecule has 0 spiro atoms. The molecule has 3 rings (SSSR count). The van der Waals surface area contributed by atoms with E-state index in [1.54, 1.807) is 0 Å². The molecule has 0 aromatic heterocycles. The lowest BCUT2D eigenvalue weighted by atomic mass is 9.83. The molecule has 210 valence electrons. The van der Waals surface area contributed by atoms with Gasteiger partial charge in [-0.2, -0.15) is 0 Å². The van der Waals surface area contributed by atoms with Crippen LogP contribution in [0.2, 0.25) is 0 Å². The van der Waals surface area contributed by atoms with E-state index in [0.29, 0.717) is 17.9 Å². The van der Waals surface area contributed by atoms with E-state index in [4.69, 9.17) is 41.9 Å². The lowest BCUT2D eigenvalue weighted by molar-refractivity contribution is -0.287. The molecular formula is C20H40N6O10. The number of nitrogens with one attached hydrogen (secondary N) is 1. The van der Waals surface area contributed by atoms with E-state index >= 15 is 0 Å². The minimum absolute atomic E-state index is 0.00893. The van der Waals surface area contributed by atoms with Gasteiger partial charge in [-0.15, -0.1) is 0 Å². The number of carbonyl (C=O) groups is 1. The van der Waals surface area contributed by atoms with Crippen LogP contribution in [0.3, 0.4) is 0 Å². The summed E-state index contributed by atoms with van der Waals surface area (Å²) >= 11 is 0. The van der Waals surface area contributed by atoms with E-state index in [9.17, 15) is 30.4 Å². The fraction of sp³-hybridized carbons (Fsp3) is 0.950. The third-order valence-corrected chi connectivity index (χ3v) is 6.75. The molecule has 0 bridgehead atoms. The van der Waals surface area contributed by atoms with Gasteiger partial charge in [-0.25, -0.2) is 9.86 Å². The van der Waals surface area contributed by atoms with Crippen LogP contribution in [0, 0.1) is 0 Å². The Labute approximate surface area is 208 Å². The molecule has 12 atom stereocenters. The van der Waals surface area contributed by atoms with Crippen LogP contribution in [0.4, 0.5) is 4.79 Å². The highest BCUT2D eigenvalue weighted by molar-refractivity contribution is 5.73. The molecule has 1 aliphatic carbocycles. The van der Waals surface area contributed by atoms with Crippen molar-refractivity contribution >= 4 is 6.03 Å². The fourth-order valence-corrected chi connectivity index (χ4v) is 4.64. The summed E-state index contributed by atoms with van der Waals surface area (Å²) in [5.41, 5.74) is 23.6. The third-order valence-electron chi connectivity index (χ3n) is 6.75. The first-order chi connectivity index (χ1) is 17.1. The number of nitrogens with two attached hydrogens (primary N) is 4. The van der Waals surface area contributed by atoms with E-state index in [0.717, 1.165) is 0 Å². The number of hydroxylamine groups is 2. The number of hydrogen-bond acceptors (Lipinski definition) is 14. The van der Waals surface area contributed by atoms with Crippen LogP contribution < -0.4 is 28.3 Å². The second-order valence-corrected chi connectivity index (χ2v) is 9.37. The van der Waals surface area contributed by atoms with E-state index in [1.807, 2.05) is 0 Å². The molecule has 36 heavy (non-hydrogen) atoms. The Morgan fingerprint density at radius 3 is 2.28 bits per heavy atom. The SMILES string of the molecule is NCCN(O)C(=O)N[C@@H]1C[C@H](N)[C@@H](O[C@H]2O[C@H](CN)CC[C@H]2N)[C@H](O[C@@H]2O[C@H](CO)[C@@H](O)[C@H]2O)[C@H]1O. The summed E-state index contributed by atoms with van der Waals surface area (Å²) in [4.78, 5) is 12.3. The van der Waals surface area contributed by atoms with Crippen molar-refractivity contribution in [2.45, 2.75) is 92.7 Å². The monoisotopic (exact) mass is 524 g/mol. The van der Waals surface area contributed by atoms with E-state index < -0.39 is 80.0 Å². The van der Waals surface area contributed by atoms with Gasteiger partial charge in [0.1, 0.15) is 36.6 Å². The van der Waals surface area contributed by atoms with Crippen LogP contribution in [0.15, 0.2) is 0 Å². The number of hydrogen-bond donors (Lipinski definition) is 10. The maximum Gasteiger partial charge on any atom is 0.341 e. The second kappa shape index (κ2) is 13.0. The second-order valence-electron chi connectivity index (χ2n) is 9.37. The van der Waals surface area contributed by atoms with Gasteiger partial charge < -0.3 is 67.6 Å². The summed E-state index contributed by atoms with van der Waals surface area (Å²) in [5.74, 6) is 0. The van der Waals surface area contributed by atoms with Crippen molar-refractivity contribution in [3.8, 4) is 0 Å². The maximum atomic E-state index is 12.3. The Bertz CT molecular complexity index is 712. The summed E-state index contributed by atoms with van der Waals surface area (Å²) in [6.07, 6.45) is -9.34. The summed E-state index contributed by atoms with van der Waals surface area (Å²) in [6.45, 7) is -0.464. The maximum absolute atomic E-state index is 12.3. The molecule has 2 saturated heterocycles. The lowest BCUT2D eigenvalue weighted by Crippen LogP contribution is -2.67. The Kier molecular flexibility index (Phi) is 10.6. The summed E-state index contributed by atoms with van der Waals surface area (Å²) in [7, 11) is 0. The fourth-order valence-electron chi connectivity index (χ4n) is 4.64. The molecule has 2 amide bonds. The van der Waals surface area contributed by atoms with Crippen LogP contribution in [0.5, 0.6) is 0 Å². The highest BCUT2D eigenvalue weighted by Gasteiger charge is 2.51. The van der Waals surface area contributed by atoms with Gasteiger partial charge in [-0.3, -0.25) is 5.21 Å². The molecule has 3 fully saturated rings. The molecule has 2 aliphatic heterocycles. The Balaban J connectivity index is 1.80. The molecule has 16 nitrogen and oxygen atoms in total. The largest absolute Gasteiger partial charge is 0.394 e. The van der Waals surface area contributed by atoms with Crippen LogP contribution in [0.25, 0.3) is 0 Å². The quantitative estimate of drug-likeness (QED) is 0.0997. The van der Waals surface area contributed by atoms with Crippen molar-refractivity contribution in [1.29, 1.82) is 0 Å². The molecule has 1 saturated carbocycles. The van der Waals surface area contributed by atoms with Gasteiger partial charge >= 0.3 is 6.03 Å². The molecule has 16 heteroatoms. The smallest absolute Gasteiger partial charge is 0.341 e. The molecule has 0 unspecified atom stereocenters. The van der Waals surface area contributed by atoms with Gasteiger partial charge in [0.15, 0.2) is 12.6 Å². The zero-order valence-electron chi connectivity index (χ0n) is 19.9. The minimum Gasteiger partial charge on any atom is -0.394 e. The highest BCUT2D eigenvalue weighted by atomic mass is 16.7. The van der Waals surface area contributed by atoms with Gasteiger partial charge in [-0.1, -0.05) is 0 Å². The van der Waals surface area contributed by atoms with Crippen molar-refractivity contribution in [3.63, 3.8) is 0 Å². The zero-order chi connectivity index (χ0) is 26.6. The number of aliphatic hydroxyl groups excluding tert-OH is 4. The van der Waals surface area contributed by atoms with Crippen LogP contribution in [-0.4, -0.2) is 136 Å². The van der Waals surface area contributed by atoms with Crippen LogP contribution >= 0.6 is 0 Å². The molecular weight excluding hydrogens is 484 g/mol. The summed E-state index contributed by atoms with van der Waals surface area (Å²) in [5, 5.41) is 53.6.